The molecular formula is C14H19ClN2S. The predicted octanol–water partition coefficient (Wildman–Crippen LogP) is 4.12. The van der Waals surface area contributed by atoms with E-state index in [1.807, 2.05) is 6.92 Å². The van der Waals surface area contributed by atoms with E-state index >= 15 is 0 Å². The van der Waals surface area contributed by atoms with Gasteiger partial charge in [0, 0.05) is 10.4 Å². The molecule has 1 heterocycles. The number of rotatable bonds is 3. The van der Waals surface area contributed by atoms with E-state index < -0.39 is 0 Å². The van der Waals surface area contributed by atoms with Gasteiger partial charge in [0.15, 0.2) is 0 Å². The Morgan fingerprint density at radius 2 is 1.89 bits per heavy atom. The van der Waals surface area contributed by atoms with Crippen molar-refractivity contribution in [2.24, 2.45) is 5.73 Å². The minimum absolute atomic E-state index is 0. The van der Waals surface area contributed by atoms with Gasteiger partial charge in [0.25, 0.3) is 0 Å². The molecule has 0 saturated heterocycles. The molecule has 1 atom stereocenters. The van der Waals surface area contributed by atoms with Gasteiger partial charge in [0.1, 0.15) is 5.01 Å². The number of aromatic nitrogens is 1. The topological polar surface area (TPSA) is 38.9 Å². The predicted molar refractivity (Wildman–Crippen MR) is 81.5 cm³/mol. The van der Waals surface area contributed by atoms with Gasteiger partial charge < -0.3 is 5.73 Å². The summed E-state index contributed by atoms with van der Waals surface area (Å²) in [7, 11) is 0. The second-order valence-electron chi connectivity index (χ2n) is 4.30. The molecule has 18 heavy (non-hydrogen) atoms. The largest absolute Gasteiger partial charge is 0.322 e. The summed E-state index contributed by atoms with van der Waals surface area (Å²) in [4.78, 5) is 5.87. The fourth-order valence-electron chi connectivity index (χ4n) is 1.78. The quantitative estimate of drug-likeness (QED) is 0.920. The van der Waals surface area contributed by atoms with E-state index in [4.69, 9.17) is 5.73 Å². The highest BCUT2D eigenvalue weighted by Gasteiger charge is 2.11. The van der Waals surface area contributed by atoms with Gasteiger partial charge >= 0.3 is 0 Å². The van der Waals surface area contributed by atoms with Gasteiger partial charge in [0.05, 0.1) is 11.7 Å². The highest BCUT2D eigenvalue weighted by molar-refractivity contribution is 7.12. The molecule has 0 fully saturated rings. The molecule has 0 aliphatic carbocycles. The summed E-state index contributed by atoms with van der Waals surface area (Å²) >= 11 is 1.69. The van der Waals surface area contributed by atoms with Crippen LogP contribution in [0.2, 0.25) is 0 Å². The van der Waals surface area contributed by atoms with Gasteiger partial charge in [-0.25, -0.2) is 4.98 Å². The number of benzene rings is 1. The molecule has 0 aliphatic heterocycles. The molecule has 1 unspecified atom stereocenters. The summed E-state index contributed by atoms with van der Waals surface area (Å²) in [5.74, 6) is 0. The van der Waals surface area contributed by atoms with Gasteiger partial charge in [0.2, 0.25) is 0 Å². The second kappa shape index (κ2) is 6.32. The van der Waals surface area contributed by atoms with Crippen LogP contribution in [-0.2, 0) is 6.42 Å². The van der Waals surface area contributed by atoms with E-state index in [1.165, 1.54) is 16.0 Å². The van der Waals surface area contributed by atoms with Crippen LogP contribution in [0.4, 0.5) is 0 Å². The van der Waals surface area contributed by atoms with Crippen molar-refractivity contribution in [2.45, 2.75) is 33.2 Å². The number of halogens is 1. The first kappa shape index (κ1) is 15.2. The Labute approximate surface area is 119 Å². The van der Waals surface area contributed by atoms with Gasteiger partial charge in [-0.2, -0.15) is 0 Å². The smallest absolute Gasteiger partial charge is 0.110 e. The number of nitrogens with zero attached hydrogens (tertiary/aromatic N) is 1. The summed E-state index contributed by atoms with van der Waals surface area (Å²) in [6, 6.07) is 8.64. The van der Waals surface area contributed by atoms with Crippen LogP contribution in [0.15, 0.2) is 24.3 Å². The van der Waals surface area contributed by atoms with Crippen molar-refractivity contribution in [3.05, 3.63) is 39.7 Å². The molecule has 0 radical (unpaired) electrons. The third-order valence-electron chi connectivity index (χ3n) is 2.84. The monoisotopic (exact) mass is 282 g/mol. The Bertz CT molecular complexity index is 503. The SMILES string of the molecule is CCc1ccc(-c2nc(C(C)N)sc2C)cc1.Cl. The standard InChI is InChI=1S/C14H18N2S.ClH/c1-4-11-5-7-12(8-6-11)13-10(3)17-14(16-13)9(2)15;/h5-9H,4,15H2,1-3H3;1H. The first-order chi connectivity index (χ1) is 8.11. The Kier molecular flexibility index (Phi) is 5.32. The maximum Gasteiger partial charge on any atom is 0.110 e. The molecule has 2 nitrogen and oxygen atoms in total. The lowest BCUT2D eigenvalue weighted by Gasteiger charge is -2.01. The molecule has 4 heteroatoms. The van der Waals surface area contributed by atoms with E-state index in [0.29, 0.717) is 0 Å². The number of nitrogens with two attached hydrogens (primary N) is 1. The molecule has 0 saturated carbocycles. The van der Waals surface area contributed by atoms with Crippen molar-refractivity contribution in [1.82, 2.24) is 4.98 Å². The Hall–Kier alpha value is -0.900. The summed E-state index contributed by atoms with van der Waals surface area (Å²) in [5.41, 5.74) is 9.48. The molecular weight excluding hydrogens is 264 g/mol. The van der Waals surface area contributed by atoms with Gasteiger partial charge in [-0.15, -0.1) is 23.7 Å². The third-order valence-corrected chi connectivity index (χ3v) is 4.01. The Morgan fingerprint density at radius 3 is 2.33 bits per heavy atom. The zero-order valence-electron chi connectivity index (χ0n) is 10.9. The first-order valence-electron chi connectivity index (χ1n) is 5.94. The molecule has 98 valence electrons. The average Bonchev–Trinajstić information content (AvgIpc) is 2.72. The maximum absolute atomic E-state index is 5.87. The van der Waals surface area contributed by atoms with E-state index in [0.717, 1.165) is 17.1 Å². The lowest BCUT2D eigenvalue weighted by atomic mass is 10.1. The van der Waals surface area contributed by atoms with Crippen LogP contribution < -0.4 is 5.73 Å². The van der Waals surface area contributed by atoms with Crippen molar-refractivity contribution in [1.29, 1.82) is 0 Å². The molecule has 2 rings (SSSR count). The van der Waals surface area contributed by atoms with Crippen LogP contribution >= 0.6 is 23.7 Å². The first-order valence-corrected chi connectivity index (χ1v) is 6.75. The van der Waals surface area contributed by atoms with Gasteiger partial charge in [-0.05, 0) is 25.8 Å². The van der Waals surface area contributed by atoms with Crippen LogP contribution in [-0.4, -0.2) is 4.98 Å². The van der Waals surface area contributed by atoms with E-state index in [1.54, 1.807) is 11.3 Å². The van der Waals surface area contributed by atoms with Crippen LogP contribution in [0.25, 0.3) is 11.3 Å². The average molecular weight is 283 g/mol. The molecule has 0 aliphatic rings. The molecule has 0 bridgehead atoms. The Morgan fingerprint density at radius 1 is 1.28 bits per heavy atom. The Balaban J connectivity index is 0.00000162. The molecule has 0 spiro atoms. The molecule has 1 aromatic heterocycles. The van der Waals surface area contributed by atoms with Crippen LogP contribution in [0.1, 0.15) is 35.3 Å². The summed E-state index contributed by atoms with van der Waals surface area (Å²) in [6.07, 6.45) is 1.07. The zero-order valence-corrected chi connectivity index (χ0v) is 12.6. The lowest BCUT2D eigenvalue weighted by molar-refractivity contribution is 0.808. The summed E-state index contributed by atoms with van der Waals surface area (Å²) in [6.45, 7) is 6.24. The van der Waals surface area contributed by atoms with Crippen molar-refractivity contribution in [2.75, 3.05) is 0 Å². The fraction of sp³-hybridized carbons (Fsp3) is 0.357. The zero-order chi connectivity index (χ0) is 12.4. The highest BCUT2D eigenvalue weighted by Crippen LogP contribution is 2.29. The molecule has 0 amide bonds. The van der Waals surface area contributed by atoms with Gasteiger partial charge in [-0.3, -0.25) is 0 Å². The van der Waals surface area contributed by atoms with Crippen LogP contribution in [0.5, 0.6) is 0 Å². The van der Waals surface area contributed by atoms with Gasteiger partial charge in [-0.1, -0.05) is 31.2 Å². The van der Waals surface area contributed by atoms with Crippen LogP contribution in [0, 0.1) is 6.92 Å². The number of hydrogen-bond donors (Lipinski definition) is 1. The number of hydrogen-bond acceptors (Lipinski definition) is 3. The number of thiazole rings is 1. The third kappa shape index (κ3) is 3.10. The normalized spacial score (nSPS) is 12.0. The molecule has 1 aromatic carbocycles. The fourth-order valence-corrected chi connectivity index (χ4v) is 2.67. The van der Waals surface area contributed by atoms with E-state index in [-0.39, 0.29) is 18.4 Å². The van der Waals surface area contributed by atoms with Crippen molar-refractivity contribution in [3.8, 4) is 11.3 Å². The summed E-state index contributed by atoms with van der Waals surface area (Å²) in [5, 5.41) is 1.01. The minimum atomic E-state index is 0. The molecule has 2 aromatic rings. The highest BCUT2D eigenvalue weighted by atomic mass is 35.5. The van der Waals surface area contributed by atoms with E-state index in [2.05, 4.69) is 43.1 Å². The van der Waals surface area contributed by atoms with Crippen molar-refractivity contribution >= 4 is 23.7 Å². The van der Waals surface area contributed by atoms with E-state index in [9.17, 15) is 0 Å². The lowest BCUT2D eigenvalue weighted by Crippen LogP contribution is -2.03. The van der Waals surface area contributed by atoms with Crippen molar-refractivity contribution < 1.29 is 0 Å². The molecule has 2 N–H and O–H groups in total. The number of aryl methyl sites for hydroxylation is 2. The second-order valence-corrected chi connectivity index (χ2v) is 5.53. The minimum Gasteiger partial charge on any atom is -0.322 e. The van der Waals surface area contributed by atoms with Crippen LogP contribution in [0.3, 0.4) is 0 Å². The summed E-state index contributed by atoms with van der Waals surface area (Å²) < 4.78 is 0. The van der Waals surface area contributed by atoms with Crippen molar-refractivity contribution in [3.63, 3.8) is 0 Å². The maximum atomic E-state index is 5.87.